The zero-order valence-electron chi connectivity index (χ0n) is 14.8. The summed E-state index contributed by atoms with van der Waals surface area (Å²) in [7, 11) is 0. The fourth-order valence-corrected chi connectivity index (χ4v) is 3.51. The minimum Gasteiger partial charge on any atom is -0.486 e. The van der Waals surface area contributed by atoms with E-state index in [-0.39, 0.29) is 5.91 Å². The van der Waals surface area contributed by atoms with Crippen LogP contribution in [0.2, 0.25) is 5.02 Å². The lowest BCUT2D eigenvalue weighted by Crippen LogP contribution is -2.23. The molecule has 8 nitrogen and oxygen atoms in total. The number of carbonyl (C=O) groups is 1. The van der Waals surface area contributed by atoms with Gasteiger partial charge in [-0.15, -0.1) is 5.10 Å². The van der Waals surface area contributed by atoms with Crippen molar-refractivity contribution in [1.82, 2.24) is 20.2 Å². The minimum absolute atomic E-state index is 0.174. The Labute approximate surface area is 170 Å². The highest BCUT2D eigenvalue weighted by Gasteiger charge is 2.20. The first-order chi connectivity index (χ1) is 13.6. The van der Waals surface area contributed by atoms with Crippen LogP contribution in [0.4, 0.5) is 5.69 Å². The van der Waals surface area contributed by atoms with Crippen LogP contribution in [0.25, 0.3) is 5.69 Å². The summed E-state index contributed by atoms with van der Waals surface area (Å²) < 4.78 is 12.6. The number of thioether (sulfide) groups is 1. The van der Waals surface area contributed by atoms with E-state index < -0.39 is 5.25 Å². The Kier molecular flexibility index (Phi) is 5.36. The van der Waals surface area contributed by atoms with Crippen LogP contribution in [0, 0.1) is 0 Å². The highest BCUT2D eigenvalue weighted by atomic mass is 35.5. The molecular weight excluding hydrogens is 402 g/mol. The number of rotatable bonds is 5. The number of hydrogen-bond donors (Lipinski definition) is 1. The summed E-state index contributed by atoms with van der Waals surface area (Å²) in [6, 6.07) is 12.4. The molecule has 1 aliphatic rings. The summed E-state index contributed by atoms with van der Waals surface area (Å²) in [6.07, 6.45) is 0. The van der Waals surface area contributed by atoms with Crippen molar-refractivity contribution in [2.45, 2.75) is 17.3 Å². The molecule has 1 unspecified atom stereocenters. The molecule has 1 aliphatic heterocycles. The van der Waals surface area contributed by atoms with E-state index in [4.69, 9.17) is 21.1 Å². The zero-order chi connectivity index (χ0) is 19.5. The molecule has 1 amide bonds. The van der Waals surface area contributed by atoms with E-state index in [1.165, 1.54) is 11.8 Å². The topological polar surface area (TPSA) is 91.2 Å². The Morgan fingerprint density at radius 1 is 1.18 bits per heavy atom. The molecule has 4 rings (SSSR count). The molecule has 0 bridgehead atoms. The van der Waals surface area contributed by atoms with Gasteiger partial charge in [-0.3, -0.25) is 4.79 Å². The van der Waals surface area contributed by atoms with E-state index in [9.17, 15) is 4.79 Å². The molecule has 0 spiro atoms. The van der Waals surface area contributed by atoms with Gasteiger partial charge in [-0.05, 0) is 53.7 Å². The second kappa shape index (κ2) is 8.07. The molecule has 2 aromatic carbocycles. The largest absolute Gasteiger partial charge is 0.486 e. The first-order valence-electron chi connectivity index (χ1n) is 8.51. The predicted octanol–water partition coefficient (Wildman–Crippen LogP) is 3.21. The van der Waals surface area contributed by atoms with Crippen LogP contribution in [-0.2, 0) is 4.79 Å². The van der Waals surface area contributed by atoms with Crippen LogP contribution >= 0.6 is 23.4 Å². The van der Waals surface area contributed by atoms with Crippen LogP contribution in [0.15, 0.2) is 47.6 Å². The Morgan fingerprint density at radius 3 is 2.71 bits per heavy atom. The number of hydrogen-bond acceptors (Lipinski definition) is 7. The van der Waals surface area contributed by atoms with Crippen LogP contribution < -0.4 is 14.8 Å². The van der Waals surface area contributed by atoms with Crippen molar-refractivity contribution in [3.8, 4) is 17.2 Å². The third-order valence-corrected chi connectivity index (χ3v) is 5.26. The number of fused-ring (bicyclic) bond motifs is 1. The van der Waals surface area contributed by atoms with E-state index in [0.717, 1.165) is 5.69 Å². The van der Waals surface area contributed by atoms with E-state index in [1.807, 2.05) is 12.1 Å². The molecule has 1 atom stereocenters. The maximum atomic E-state index is 12.6. The van der Waals surface area contributed by atoms with Crippen LogP contribution in [0.3, 0.4) is 0 Å². The smallest absolute Gasteiger partial charge is 0.237 e. The van der Waals surface area contributed by atoms with Crippen molar-refractivity contribution in [1.29, 1.82) is 0 Å². The quantitative estimate of drug-likeness (QED) is 0.637. The van der Waals surface area contributed by atoms with Crippen molar-refractivity contribution < 1.29 is 14.3 Å². The number of nitrogens with one attached hydrogen (secondary N) is 1. The van der Waals surface area contributed by atoms with E-state index in [2.05, 4.69) is 20.8 Å². The van der Waals surface area contributed by atoms with Gasteiger partial charge in [0.25, 0.3) is 0 Å². The molecule has 0 aliphatic carbocycles. The standard InChI is InChI=1S/C18H16ClN5O3S/c1-11(17(25)20-13-4-7-15-16(10-13)27-9-8-26-15)28-18-21-22-23-24(18)14-5-2-12(19)3-6-14/h2-7,10-11H,8-9H2,1H3,(H,20,25). The van der Waals surface area contributed by atoms with Crippen molar-refractivity contribution in [2.75, 3.05) is 18.5 Å². The Balaban J connectivity index is 1.44. The first-order valence-corrected chi connectivity index (χ1v) is 9.77. The molecule has 1 N–H and O–H groups in total. The second-order valence-corrected chi connectivity index (χ2v) is 7.70. The van der Waals surface area contributed by atoms with Gasteiger partial charge in [-0.2, -0.15) is 4.68 Å². The molecule has 3 aromatic rings. The SMILES string of the molecule is CC(Sc1nnnn1-c1ccc(Cl)cc1)C(=O)Nc1ccc2c(c1)OCCO2. The van der Waals surface area contributed by atoms with Crippen molar-refractivity contribution in [3.63, 3.8) is 0 Å². The summed E-state index contributed by atoms with van der Waals surface area (Å²) in [5, 5.41) is 15.3. The molecule has 144 valence electrons. The van der Waals surface area contributed by atoms with Crippen molar-refractivity contribution in [2.24, 2.45) is 0 Å². The van der Waals surface area contributed by atoms with Gasteiger partial charge in [-0.1, -0.05) is 23.4 Å². The fraction of sp³-hybridized carbons (Fsp3) is 0.222. The van der Waals surface area contributed by atoms with Gasteiger partial charge in [0.05, 0.1) is 10.9 Å². The summed E-state index contributed by atoms with van der Waals surface area (Å²) in [5.74, 6) is 1.12. The van der Waals surface area contributed by atoms with Crippen LogP contribution in [-0.4, -0.2) is 44.6 Å². The maximum absolute atomic E-state index is 12.6. The summed E-state index contributed by atoms with van der Waals surface area (Å²) in [5.41, 5.74) is 1.40. The second-order valence-electron chi connectivity index (χ2n) is 5.96. The number of benzene rings is 2. The average molecular weight is 418 g/mol. The van der Waals surface area contributed by atoms with Crippen molar-refractivity contribution in [3.05, 3.63) is 47.5 Å². The molecule has 28 heavy (non-hydrogen) atoms. The summed E-state index contributed by atoms with van der Waals surface area (Å²) >= 11 is 7.18. The van der Waals surface area contributed by atoms with Crippen LogP contribution in [0.1, 0.15) is 6.92 Å². The summed E-state index contributed by atoms with van der Waals surface area (Å²) in [4.78, 5) is 12.6. The zero-order valence-corrected chi connectivity index (χ0v) is 16.4. The van der Waals surface area contributed by atoms with Gasteiger partial charge in [0.1, 0.15) is 13.2 Å². The van der Waals surface area contributed by atoms with Gasteiger partial charge in [-0.25, -0.2) is 0 Å². The number of ether oxygens (including phenoxy) is 2. The van der Waals surface area contributed by atoms with E-state index in [0.29, 0.717) is 40.6 Å². The van der Waals surface area contributed by atoms with Crippen molar-refractivity contribution >= 4 is 35.0 Å². The van der Waals surface area contributed by atoms with E-state index in [1.54, 1.807) is 41.9 Å². The van der Waals surface area contributed by atoms with Gasteiger partial charge < -0.3 is 14.8 Å². The monoisotopic (exact) mass is 417 g/mol. The van der Waals surface area contributed by atoms with Gasteiger partial charge >= 0.3 is 0 Å². The Hall–Kier alpha value is -2.78. The number of anilines is 1. The number of halogens is 1. The molecule has 0 radical (unpaired) electrons. The predicted molar refractivity (Wildman–Crippen MR) is 106 cm³/mol. The maximum Gasteiger partial charge on any atom is 0.237 e. The highest BCUT2D eigenvalue weighted by molar-refractivity contribution is 8.00. The molecule has 1 aromatic heterocycles. The Bertz CT molecular complexity index is 995. The number of aromatic nitrogens is 4. The molecular formula is C18H16ClN5O3S. The van der Waals surface area contributed by atoms with Crippen LogP contribution in [0.5, 0.6) is 11.5 Å². The number of carbonyl (C=O) groups excluding carboxylic acids is 1. The highest BCUT2D eigenvalue weighted by Crippen LogP contribution is 2.33. The lowest BCUT2D eigenvalue weighted by atomic mass is 10.2. The average Bonchev–Trinajstić information content (AvgIpc) is 3.16. The fourth-order valence-electron chi connectivity index (χ4n) is 2.57. The first kappa shape index (κ1) is 18.6. The lowest BCUT2D eigenvalue weighted by molar-refractivity contribution is -0.115. The van der Waals surface area contributed by atoms with E-state index >= 15 is 0 Å². The molecule has 0 saturated carbocycles. The number of tetrazole rings is 1. The van der Waals surface area contributed by atoms with Gasteiger partial charge in [0, 0.05) is 16.8 Å². The molecule has 0 saturated heterocycles. The Morgan fingerprint density at radius 2 is 1.93 bits per heavy atom. The lowest BCUT2D eigenvalue weighted by Gasteiger charge is -2.19. The molecule has 2 heterocycles. The number of nitrogens with zero attached hydrogens (tertiary/aromatic N) is 4. The molecule has 10 heteroatoms. The molecule has 0 fully saturated rings. The normalized spacial score (nSPS) is 13.8. The third-order valence-electron chi connectivity index (χ3n) is 3.97. The van der Waals surface area contributed by atoms with Gasteiger partial charge in [0.15, 0.2) is 11.5 Å². The van der Waals surface area contributed by atoms with Gasteiger partial charge in [0.2, 0.25) is 11.1 Å². The minimum atomic E-state index is -0.426. The summed E-state index contributed by atoms with van der Waals surface area (Å²) in [6.45, 7) is 2.80. The third kappa shape index (κ3) is 4.05. The number of amides is 1.